The summed E-state index contributed by atoms with van der Waals surface area (Å²) in [7, 11) is -9.77. The monoisotopic (exact) mass is 844 g/mol. The first-order valence-corrected chi connectivity index (χ1v) is 19.9. The summed E-state index contributed by atoms with van der Waals surface area (Å²) in [6.07, 6.45) is 1.24. The van der Waals surface area contributed by atoms with Crippen LogP contribution in [0.5, 0.6) is 23.0 Å². The molecule has 0 spiro atoms. The van der Waals surface area contributed by atoms with Crippen LogP contribution in [0.15, 0.2) is 115 Å². The van der Waals surface area contributed by atoms with Crippen LogP contribution in [0.25, 0.3) is 32.7 Å². The van der Waals surface area contributed by atoms with Crippen LogP contribution in [0.4, 0.5) is 34.1 Å². The van der Waals surface area contributed by atoms with Gasteiger partial charge in [0, 0.05) is 11.4 Å². The molecule has 0 saturated heterocycles. The molecule has 0 fully saturated rings. The number of benzene rings is 6. The second-order valence-electron chi connectivity index (χ2n) is 12.5. The topological polar surface area (TPSA) is 275 Å². The first kappa shape index (κ1) is 46.4. The predicted octanol–water partition coefficient (Wildman–Crippen LogP) is 1.88. The van der Waals surface area contributed by atoms with Crippen molar-refractivity contribution in [1.29, 1.82) is 0 Å². The number of rotatable bonds is 13. The van der Waals surface area contributed by atoms with E-state index in [2.05, 4.69) is 20.5 Å². The van der Waals surface area contributed by atoms with Gasteiger partial charge in [-0.3, -0.25) is 9.11 Å². The van der Waals surface area contributed by atoms with Gasteiger partial charge in [-0.05, 0) is 106 Å². The number of nitrogens with two attached hydrogens (primary N) is 2. The zero-order valence-corrected chi connectivity index (χ0v) is 37.5. The Morgan fingerprint density at radius 1 is 0.569 bits per heavy atom. The maximum absolute atomic E-state index is 13.4. The maximum Gasteiger partial charge on any atom is 1.00 e. The molecule has 0 saturated carbocycles. The Bertz CT molecular complexity index is 2620. The van der Waals surface area contributed by atoms with Gasteiger partial charge in [0.2, 0.25) is 0 Å². The van der Waals surface area contributed by atoms with Crippen molar-refractivity contribution >= 4 is 75.9 Å². The Morgan fingerprint density at radius 2 is 0.948 bits per heavy atom. The maximum atomic E-state index is 13.4. The molecule has 0 atom stereocenters. The number of azo groups is 2. The van der Waals surface area contributed by atoms with Gasteiger partial charge in [-0.2, -0.15) is 16.8 Å². The number of nitrogen functional groups attached to an aromatic ring is 2. The van der Waals surface area contributed by atoms with Gasteiger partial charge in [0.15, 0.2) is 0 Å². The van der Waals surface area contributed by atoms with Crippen molar-refractivity contribution in [1.82, 2.24) is 0 Å². The van der Waals surface area contributed by atoms with Crippen LogP contribution in [0.3, 0.4) is 0 Å². The van der Waals surface area contributed by atoms with Crippen molar-refractivity contribution in [2.45, 2.75) is 36.5 Å². The third-order valence-corrected chi connectivity index (χ3v) is 10.1. The van der Waals surface area contributed by atoms with Gasteiger partial charge in [-0.25, -0.2) is 0 Å². The van der Waals surface area contributed by atoms with Crippen LogP contribution in [0, 0.1) is 0 Å². The number of ether oxygens (including phenoxy) is 2. The first-order chi connectivity index (χ1) is 26.6. The van der Waals surface area contributed by atoms with E-state index in [0.717, 1.165) is 12.1 Å². The third-order valence-electron chi connectivity index (χ3n) is 8.36. The zero-order chi connectivity index (χ0) is 40.4. The molecule has 6 N–H and O–H groups in total. The van der Waals surface area contributed by atoms with Crippen molar-refractivity contribution < 1.29 is 105 Å². The Morgan fingerprint density at radius 3 is 1.29 bits per heavy atom. The summed E-state index contributed by atoms with van der Waals surface area (Å²) in [5.74, 6) is -1.14. The van der Waals surface area contributed by atoms with Crippen molar-refractivity contribution in [2.75, 3.05) is 24.7 Å². The van der Waals surface area contributed by atoms with E-state index < -0.39 is 52.9 Å². The average molecular weight is 845 g/mol. The Labute approximate surface area is 378 Å². The molecular weight excluding hydrogens is 811 g/mol. The Kier molecular flexibility index (Phi) is 15.3. The molecule has 0 aliphatic carbocycles. The fourth-order valence-corrected chi connectivity index (χ4v) is 7.00. The van der Waals surface area contributed by atoms with Gasteiger partial charge in [0.05, 0.1) is 24.6 Å². The molecule has 6 aromatic carbocycles. The van der Waals surface area contributed by atoms with E-state index in [4.69, 9.17) is 20.9 Å². The summed E-state index contributed by atoms with van der Waals surface area (Å²) in [4.78, 5) is -1.45. The van der Waals surface area contributed by atoms with E-state index in [0.29, 0.717) is 24.0 Å². The smallest absolute Gasteiger partial charge is 0.871 e. The van der Waals surface area contributed by atoms with Crippen LogP contribution in [-0.2, 0) is 20.2 Å². The average Bonchev–Trinajstić information content (AvgIpc) is 3.15. The van der Waals surface area contributed by atoms with Crippen LogP contribution < -0.4 is 90.3 Å². The molecule has 0 heterocycles. The molecule has 58 heavy (non-hydrogen) atoms. The molecule has 16 nitrogen and oxygen atoms in total. The van der Waals surface area contributed by atoms with Crippen LogP contribution in [0.1, 0.15) is 26.7 Å². The molecule has 290 valence electrons. The minimum absolute atomic E-state index is 0. The van der Waals surface area contributed by atoms with Gasteiger partial charge in [0.1, 0.15) is 32.7 Å². The molecule has 0 unspecified atom stereocenters. The standard InChI is InChI=1S/C38H36N6O10S2.2Na/c1-3-13-53-31-15-21(7-11-29(31)41-43-35-33(55(47,48)49)17-23-5-9-25(39)19-27(23)37(35)45)22-8-12-30(32(16-22)54-14-4-2)42-44-36-34(56(50,51)52)18-24-6-10-26(40)20-28(24)38(36)46;;/h5-12,15-20,45-46H,3-4,13-14,39-40H2,1-2H3,(H,47,48,49)(H,50,51,52);;/q;2*+1/p-2. The summed E-state index contributed by atoms with van der Waals surface area (Å²) < 4.78 is 80.9. The van der Waals surface area contributed by atoms with Crippen molar-refractivity contribution in [3.63, 3.8) is 0 Å². The number of hydrogen-bond donors (Lipinski definition) is 4. The second-order valence-corrected chi connectivity index (χ2v) is 15.3. The molecule has 0 bridgehead atoms. The predicted molar refractivity (Wildman–Crippen MR) is 207 cm³/mol. The van der Waals surface area contributed by atoms with E-state index in [1.165, 1.54) is 36.4 Å². The van der Waals surface area contributed by atoms with Crippen LogP contribution in [-0.4, -0.2) is 39.2 Å². The van der Waals surface area contributed by atoms with Gasteiger partial charge in [-0.1, -0.05) is 49.6 Å². The summed E-state index contributed by atoms with van der Waals surface area (Å²) in [5.41, 5.74) is 12.5. The zero-order valence-electron chi connectivity index (χ0n) is 31.8. The number of anilines is 2. The SMILES string of the molecule is CCCOc1cc(-c2ccc(N=Nc3c(S(=O)(=O)O)cc4ccc(N)cc4c3[O-])c(OCCC)c2)ccc1N=Nc1c(S(=O)(=O)O)cc2ccc(N)cc2c1[O-].[Na+].[Na+]. The molecule has 6 aromatic rings. The van der Waals surface area contributed by atoms with Gasteiger partial charge >= 0.3 is 59.1 Å². The molecule has 0 amide bonds. The summed E-state index contributed by atoms with van der Waals surface area (Å²) in [6, 6.07) is 20.6. The molecule has 0 aliphatic rings. The van der Waals surface area contributed by atoms with E-state index in [1.54, 1.807) is 36.4 Å². The summed E-state index contributed by atoms with van der Waals surface area (Å²) >= 11 is 0. The normalized spacial score (nSPS) is 11.9. The van der Waals surface area contributed by atoms with E-state index in [1.807, 2.05) is 13.8 Å². The van der Waals surface area contributed by atoms with Crippen LogP contribution in [0.2, 0.25) is 0 Å². The van der Waals surface area contributed by atoms with E-state index >= 15 is 0 Å². The first-order valence-electron chi connectivity index (χ1n) is 17.0. The van der Waals surface area contributed by atoms with E-state index in [-0.39, 0.29) is 128 Å². The van der Waals surface area contributed by atoms with Crippen molar-refractivity contribution in [3.05, 3.63) is 84.9 Å². The largest absolute Gasteiger partial charge is 1.00 e. The fraction of sp³-hybridized carbons (Fsp3) is 0.158. The minimum Gasteiger partial charge on any atom is -0.871 e. The fourth-order valence-electron chi connectivity index (χ4n) is 5.69. The molecular formula is C38H34N6Na2O10S2. The molecule has 0 aromatic heterocycles. The van der Waals surface area contributed by atoms with Crippen molar-refractivity contribution in [3.8, 4) is 34.1 Å². The number of hydrogen-bond acceptors (Lipinski definition) is 14. The van der Waals surface area contributed by atoms with Gasteiger partial charge in [-0.15, -0.1) is 20.5 Å². The van der Waals surface area contributed by atoms with Gasteiger partial charge in [0.25, 0.3) is 20.2 Å². The van der Waals surface area contributed by atoms with Crippen molar-refractivity contribution in [2.24, 2.45) is 20.5 Å². The minimum atomic E-state index is -4.89. The third kappa shape index (κ3) is 10.3. The number of nitrogens with zero attached hydrogens (tertiary/aromatic N) is 4. The molecule has 0 aliphatic heterocycles. The molecule has 6 rings (SSSR count). The molecule has 0 radical (unpaired) electrons. The van der Waals surface area contributed by atoms with Gasteiger partial charge < -0.3 is 31.2 Å². The quantitative estimate of drug-likeness (QED) is 0.0562. The second kappa shape index (κ2) is 19.2. The summed E-state index contributed by atoms with van der Waals surface area (Å²) in [5, 5.41) is 43.6. The van der Waals surface area contributed by atoms with Crippen LogP contribution >= 0.6 is 0 Å². The molecule has 20 heteroatoms. The summed E-state index contributed by atoms with van der Waals surface area (Å²) in [6.45, 7) is 4.31. The number of fused-ring (bicyclic) bond motifs is 2. The Hall–Kier alpha value is -4.34. The van der Waals surface area contributed by atoms with E-state index in [9.17, 15) is 36.2 Å². The Balaban J connectivity index is 0.00000372.